The van der Waals surface area contributed by atoms with Crippen LogP contribution in [0.25, 0.3) is 0 Å². The van der Waals surface area contributed by atoms with Gasteiger partial charge in [0.25, 0.3) is 5.91 Å². The average Bonchev–Trinajstić information content (AvgIpc) is 3.20. The van der Waals surface area contributed by atoms with Gasteiger partial charge in [0.15, 0.2) is 29.4 Å². The Morgan fingerprint density at radius 1 is 1.15 bits per heavy atom. The van der Waals surface area contributed by atoms with Crippen LogP contribution in [0.15, 0.2) is 0 Å². The van der Waals surface area contributed by atoms with Crippen molar-refractivity contribution in [2.24, 2.45) is 5.73 Å². The Morgan fingerprint density at radius 2 is 1.88 bits per heavy atom. The minimum atomic E-state index is -0.827. The van der Waals surface area contributed by atoms with Crippen LogP contribution in [0.2, 0.25) is 0 Å². The number of carbonyl (C=O) groups excluding carboxylic acids is 1. The van der Waals surface area contributed by atoms with E-state index in [0.29, 0.717) is 6.61 Å². The van der Waals surface area contributed by atoms with Crippen LogP contribution in [0.1, 0.15) is 44.2 Å². The van der Waals surface area contributed by atoms with E-state index in [9.17, 15) is 4.79 Å². The number of amides is 1. The molecule has 1 amide bonds. The van der Waals surface area contributed by atoms with Crippen molar-refractivity contribution >= 4 is 11.7 Å². The van der Waals surface area contributed by atoms with Crippen molar-refractivity contribution in [3.8, 4) is 0 Å². The van der Waals surface area contributed by atoms with E-state index >= 15 is 0 Å². The maximum Gasteiger partial charge on any atom is 0.273 e. The van der Waals surface area contributed by atoms with Gasteiger partial charge in [-0.3, -0.25) is 4.79 Å². The molecule has 0 aliphatic carbocycles. The lowest BCUT2D eigenvalue weighted by Crippen LogP contribution is -2.41. The number of anilines is 1. The van der Waals surface area contributed by atoms with Crippen molar-refractivity contribution in [1.29, 1.82) is 0 Å². The molecule has 0 spiro atoms. The van der Waals surface area contributed by atoms with Gasteiger partial charge in [0, 0.05) is 0 Å². The molecule has 5 atom stereocenters. The van der Waals surface area contributed by atoms with E-state index < -0.39 is 48.1 Å². The first-order valence-corrected chi connectivity index (χ1v) is 8.41. The molecule has 4 rings (SSSR count). The largest absolute Gasteiger partial charge is 0.382 e. The maximum absolute atomic E-state index is 11.5. The highest BCUT2D eigenvalue weighted by Crippen LogP contribution is 2.46. The van der Waals surface area contributed by atoms with E-state index in [1.165, 1.54) is 4.68 Å². The first kappa shape index (κ1) is 17.6. The van der Waals surface area contributed by atoms with E-state index in [1.54, 1.807) is 13.8 Å². The SMILES string of the molecule is CC1(C)O[C@H]2O[C@H]([C@H]3COC(C)(C)O3)[C@H](n3nnc(C(N)=O)c3N)[C@H]2O1. The third kappa shape index (κ3) is 2.76. The smallest absolute Gasteiger partial charge is 0.273 e. The molecule has 1 aromatic heterocycles. The summed E-state index contributed by atoms with van der Waals surface area (Å²) in [6, 6.07) is -0.523. The number of primary amides is 1. The summed E-state index contributed by atoms with van der Waals surface area (Å²) in [5, 5.41) is 7.80. The number of hydrogen-bond donors (Lipinski definition) is 2. The maximum atomic E-state index is 11.5. The highest BCUT2D eigenvalue weighted by molar-refractivity contribution is 5.94. The molecule has 3 fully saturated rings. The van der Waals surface area contributed by atoms with Gasteiger partial charge in [0.2, 0.25) is 0 Å². The third-order valence-electron chi connectivity index (χ3n) is 4.70. The average molecular weight is 369 g/mol. The zero-order chi connectivity index (χ0) is 18.9. The molecule has 11 nitrogen and oxygen atoms in total. The van der Waals surface area contributed by atoms with Crippen LogP contribution in [0.3, 0.4) is 0 Å². The third-order valence-corrected chi connectivity index (χ3v) is 4.70. The van der Waals surface area contributed by atoms with Crippen molar-refractivity contribution in [1.82, 2.24) is 15.0 Å². The minimum Gasteiger partial charge on any atom is -0.382 e. The normalized spacial score (nSPS) is 37.8. The summed E-state index contributed by atoms with van der Waals surface area (Å²) in [5.41, 5.74) is 11.3. The van der Waals surface area contributed by atoms with Crippen LogP contribution in [0, 0.1) is 0 Å². The van der Waals surface area contributed by atoms with Gasteiger partial charge in [-0.25, -0.2) is 4.68 Å². The molecule has 144 valence electrons. The van der Waals surface area contributed by atoms with Crippen LogP contribution >= 0.6 is 0 Å². The second-order valence-corrected chi connectivity index (χ2v) is 7.56. The van der Waals surface area contributed by atoms with Crippen molar-refractivity contribution in [3.05, 3.63) is 5.69 Å². The summed E-state index contributed by atoms with van der Waals surface area (Å²) in [5.74, 6) is -2.27. The Morgan fingerprint density at radius 3 is 2.46 bits per heavy atom. The van der Waals surface area contributed by atoms with Crippen LogP contribution in [0.5, 0.6) is 0 Å². The number of nitrogens with two attached hydrogens (primary N) is 2. The highest BCUT2D eigenvalue weighted by Gasteiger charge is 2.59. The predicted molar refractivity (Wildman–Crippen MR) is 85.6 cm³/mol. The molecule has 26 heavy (non-hydrogen) atoms. The lowest BCUT2D eigenvalue weighted by molar-refractivity contribution is -0.226. The summed E-state index contributed by atoms with van der Waals surface area (Å²) >= 11 is 0. The highest BCUT2D eigenvalue weighted by atomic mass is 16.8. The number of rotatable bonds is 3. The van der Waals surface area contributed by atoms with E-state index in [1.807, 2.05) is 13.8 Å². The molecular formula is C15H23N5O6. The summed E-state index contributed by atoms with van der Waals surface area (Å²) in [4.78, 5) is 11.5. The fraction of sp³-hybridized carbons (Fsp3) is 0.800. The number of hydrogen-bond acceptors (Lipinski definition) is 9. The molecular weight excluding hydrogens is 346 g/mol. The van der Waals surface area contributed by atoms with Gasteiger partial charge < -0.3 is 35.2 Å². The van der Waals surface area contributed by atoms with Gasteiger partial charge >= 0.3 is 0 Å². The number of nitrogens with zero attached hydrogens (tertiary/aromatic N) is 3. The second-order valence-electron chi connectivity index (χ2n) is 7.56. The Bertz CT molecular complexity index is 734. The fourth-order valence-corrected chi connectivity index (χ4v) is 3.68. The van der Waals surface area contributed by atoms with Crippen molar-refractivity contribution < 1.29 is 28.5 Å². The number of aromatic nitrogens is 3. The van der Waals surface area contributed by atoms with Crippen molar-refractivity contribution in [2.45, 2.75) is 69.9 Å². The molecule has 4 N–H and O–H groups in total. The number of fused-ring (bicyclic) bond motifs is 1. The molecule has 4 heterocycles. The monoisotopic (exact) mass is 369 g/mol. The second kappa shape index (κ2) is 5.60. The van der Waals surface area contributed by atoms with Crippen molar-refractivity contribution in [3.63, 3.8) is 0 Å². The minimum absolute atomic E-state index is 0.0447. The number of nitrogen functional groups attached to an aromatic ring is 1. The van der Waals surface area contributed by atoms with Crippen LogP contribution < -0.4 is 11.5 Å². The van der Waals surface area contributed by atoms with Gasteiger partial charge in [0.05, 0.1) is 6.61 Å². The summed E-state index contributed by atoms with van der Waals surface area (Å²) in [6.45, 7) is 7.55. The molecule has 1 aromatic rings. The van der Waals surface area contributed by atoms with E-state index in [2.05, 4.69) is 10.3 Å². The van der Waals surface area contributed by atoms with Crippen LogP contribution in [-0.4, -0.2) is 63.7 Å². The predicted octanol–water partition coefficient (Wildman–Crippen LogP) is -0.472. The summed E-state index contributed by atoms with van der Waals surface area (Å²) < 4.78 is 30.9. The Hall–Kier alpha value is -1.79. The van der Waals surface area contributed by atoms with Gasteiger partial charge in [-0.05, 0) is 27.7 Å². The fourth-order valence-electron chi connectivity index (χ4n) is 3.68. The Balaban J connectivity index is 1.70. The first-order chi connectivity index (χ1) is 12.1. The number of carbonyl (C=O) groups is 1. The summed E-state index contributed by atoms with van der Waals surface area (Å²) in [7, 11) is 0. The molecule has 0 bridgehead atoms. The number of ether oxygens (including phenoxy) is 5. The lowest BCUT2D eigenvalue weighted by atomic mass is 10.0. The standard InChI is InChI=1S/C15H23N5O6/c1-14(2)22-5-6(24-14)9-8(10-13(23-9)26-15(3,4)25-10)20-11(16)7(12(17)21)18-19-20/h6,8-10,13H,5,16H2,1-4H3,(H2,17,21)/t6-,8+,9-,10-,13-/m1/s1. The molecule has 0 unspecified atom stereocenters. The molecule has 0 aromatic carbocycles. The van der Waals surface area contributed by atoms with Gasteiger partial charge in [-0.2, -0.15) is 0 Å². The molecule has 3 aliphatic heterocycles. The topological polar surface area (TPSA) is 146 Å². The van der Waals surface area contributed by atoms with Gasteiger partial charge in [-0.15, -0.1) is 5.10 Å². The summed E-state index contributed by atoms with van der Waals surface area (Å²) in [6.07, 6.45) is -2.05. The van der Waals surface area contributed by atoms with E-state index in [0.717, 1.165) is 0 Å². The molecule has 0 radical (unpaired) electrons. The Labute approximate surface area is 149 Å². The molecule has 3 aliphatic rings. The van der Waals surface area contributed by atoms with E-state index in [4.69, 9.17) is 35.2 Å². The molecule has 0 saturated carbocycles. The zero-order valence-corrected chi connectivity index (χ0v) is 15.0. The molecule has 3 saturated heterocycles. The zero-order valence-electron chi connectivity index (χ0n) is 15.0. The van der Waals surface area contributed by atoms with Gasteiger partial charge in [-0.1, -0.05) is 5.21 Å². The van der Waals surface area contributed by atoms with E-state index in [-0.39, 0.29) is 11.5 Å². The lowest BCUT2D eigenvalue weighted by Gasteiger charge is -2.29. The molecule has 11 heteroatoms. The van der Waals surface area contributed by atoms with Gasteiger partial charge in [0.1, 0.15) is 24.4 Å². The quantitative estimate of drug-likeness (QED) is 0.721. The van der Waals surface area contributed by atoms with Crippen LogP contribution in [0.4, 0.5) is 5.82 Å². The first-order valence-electron chi connectivity index (χ1n) is 8.41. The Kier molecular flexibility index (Phi) is 3.80. The van der Waals surface area contributed by atoms with Crippen molar-refractivity contribution in [2.75, 3.05) is 12.3 Å². The van der Waals surface area contributed by atoms with Crippen LogP contribution in [-0.2, 0) is 23.7 Å².